The summed E-state index contributed by atoms with van der Waals surface area (Å²) >= 11 is 0. The van der Waals surface area contributed by atoms with Crippen molar-refractivity contribution in [2.75, 3.05) is 20.6 Å². The average Bonchev–Trinajstić information content (AvgIpc) is 2.83. The molecule has 0 aliphatic heterocycles. The van der Waals surface area contributed by atoms with Crippen LogP contribution in [0.4, 0.5) is 0 Å². The molecule has 0 radical (unpaired) electrons. The molecule has 2 aromatic rings. The molecule has 1 aliphatic rings. The van der Waals surface area contributed by atoms with Crippen molar-refractivity contribution in [2.45, 2.75) is 76.9 Å². The summed E-state index contributed by atoms with van der Waals surface area (Å²) in [5.41, 5.74) is 3.92. The molecule has 3 rings (SSSR count). The summed E-state index contributed by atoms with van der Waals surface area (Å²) in [6.07, 6.45) is 5.59. The second-order valence-electron chi connectivity index (χ2n) is 10.0. The fraction of sp³-hybridized carbons (Fsp3) is 0.517. The van der Waals surface area contributed by atoms with Crippen molar-refractivity contribution >= 4 is 11.8 Å². The summed E-state index contributed by atoms with van der Waals surface area (Å²) in [6.45, 7) is 5.36. The quantitative estimate of drug-likeness (QED) is 0.554. The van der Waals surface area contributed by atoms with Crippen LogP contribution in [0.2, 0.25) is 0 Å². The maximum Gasteiger partial charge on any atom is 0.223 e. The molecule has 0 heterocycles. The molecular formula is C29H41N3O2. The summed E-state index contributed by atoms with van der Waals surface area (Å²) in [7, 11) is 4.35. The number of hydrogen-bond acceptors (Lipinski definition) is 3. The van der Waals surface area contributed by atoms with E-state index in [0.717, 1.165) is 37.7 Å². The van der Waals surface area contributed by atoms with Gasteiger partial charge in [0.1, 0.15) is 0 Å². The Morgan fingerprint density at radius 1 is 0.971 bits per heavy atom. The van der Waals surface area contributed by atoms with E-state index in [1.54, 1.807) is 0 Å². The number of amides is 2. The molecule has 34 heavy (non-hydrogen) atoms. The van der Waals surface area contributed by atoms with E-state index >= 15 is 0 Å². The highest BCUT2D eigenvalue weighted by molar-refractivity contribution is 5.83. The van der Waals surface area contributed by atoms with Gasteiger partial charge in [-0.1, -0.05) is 60.2 Å². The van der Waals surface area contributed by atoms with Crippen LogP contribution < -0.4 is 5.32 Å². The summed E-state index contributed by atoms with van der Waals surface area (Å²) < 4.78 is 0. The number of likely N-dealkylation sites (N-methyl/N-ethyl adjacent to an activating group) is 1. The lowest BCUT2D eigenvalue weighted by atomic mass is 9.74. The second-order valence-corrected chi connectivity index (χ2v) is 10.0. The number of carbonyl (C=O) groups excluding carboxylic acids is 2. The first-order valence-corrected chi connectivity index (χ1v) is 12.7. The fourth-order valence-corrected chi connectivity index (χ4v) is 5.14. The first-order valence-electron chi connectivity index (χ1n) is 12.7. The molecule has 0 aromatic heterocycles. The van der Waals surface area contributed by atoms with Crippen LogP contribution in [0.15, 0.2) is 54.6 Å². The van der Waals surface area contributed by atoms with Crippen LogP contribution in [0.25, 0.3) is 0 Å². The predicted octanol–water partition coefficient (Wildman–Crippen LogP) is 4.73. The summed E-state index contributed by atoms with van der Waals surface area (Å²) in [4.78, 5) is 29.5. The van der Waals surface area contributed by atoms with Gasteiger partial charge < -0.3 is 15.1 Å². The maximum absolute atomic E-state index is 12.7. The smallest absolute Gasteiger partial charge is 0.223 e. The highest BCUT2D eigenvalue weighted by atomic mass is 16.2. The predicted molar refractivity (Wildman–Crippen MR) is 138 cm³/mol. The van der Waals surface area contributed by atoms with Crippen LogP contribution in [0.3, 0.4) is 0 Å². The van der Waals surface area contributed by atoms with E-state index in [1.807, 2.05) is 42.2 Å². The number of carbonyl (C=O) groups is 2. The van der Waals surface area contributed by atoms with E-state index in [-0.39, 0.29) is 36.2 Å². The minimum absolute atomic E-state index is 0.00912. The molecule has 0 atom stereocenters. The lowest BCUT2D eigenvalue weighted by Gasteiger charge is -2.45. The van der Waals surface area contributed by atoms with Crippen LogP contribution in [0, 0.1) is 6.92 Å². The first kappa shape index (κ1) is 26.0. The number of aryl methyl sites for hydroxylation is 1. The van der Waals surface area contributed by atoms with Crippen molar-refractivity contribution < 1.29 is 9.59 Å². The number of nitrogens with one attached hydrogen (secondary N) is 1. The van der Waals surface area contributed by atoms with Crippen molar-refractivity contribution in [1.29, 1.82) is 0 Å². The van der Waals surface area contributed by atoms with E-state index < -0.39 is 0 Å². The van der Waals surface area contributed by atoms with E-state index in [2.05, 4.69) is 55.5 Å². The lowest BCUT2D eigenvalue weighted by molar-refractivity contribution is -0.134. The van der Waals surface area contributed by atoms with Gasteiger partial charge >= 0.3 is 0 Å². The zero-order valence-electron chi connectivity index (χ0n) is 21.3. The third-order valence-corrected chi connectivity index (χ3v) is 7.36. The SMILES string of the molecule is CCN(Cc1ccccc1)C(=O)CCC(=O)NC1CCC(Cc2cccc(C)c2)(N(C)C)CC1. The van der Waals surface area contributed by atoms with E-state index in [0.29, 0.717) is 13.1 Å². The van der Waals surface area contributed by atoms with Gasteiger partial charge in [0.15, 0.2) is 0 Å². The Bertz CT molecular complexity index is 933. The Balaban J connectivity index is 1.46. The van der Waals surface area contributed by atoms with Gasteiger partial charge in [-0.2, -0.15) is 0 Å². The van der Waals surface area contributed by atoms with Crippen molar-refractivity contribution in [3.05, 3.63) is 71.3 Å². The van der Waals surface area contributed by atoms with Crippen molar-refractivity contribution in [1.82, 2.24) is 15.1 Å². The fourth-order valence-electron chi connectivity index (χ4n) is 5.14. The third-order valence-electron chi connectivity index (χ3n) is 7.36. The highest BCUT2D eigenvalue weighted by Gasteiger charge is 2.37. The molecule has 5 nitrogen and oxygen atoms in total. The maximum atomic E-state index is 12.7. The minimum atomic E-state index is -0.00912. The van der Waals surface area contributed by atoms with Crippen LogP contribution in [-0.2, 0) is 22.6 Å². The summed E-state index contributed by atoms with van der Waals surface area (Å²) in [5, 5.41) is 3.20. The molecule has 184 valence electrons. The number of benzene rings is 2. The lowest BCUT2D eigenvalue weighted by Crippen LogP contribution is -2.52. The molecular weight excluding hydrogens is 422 g/mol. The molecule has 2 aromatic carbocycles. The molecule has 1 aliphatic carbocycles. The molecule has 0 spiro atoms. The third kappa shape index (κ3) is 7.17. The van der Waals surface area contributed by atoms with Crippen LogP contribution in [-0.4, -0.2) is 53.8 Å². The Morgan fingerprint density at radius 3 is 2.26 bits per heavy atom. The molecule has 2 amide bonds. The largest absolute Gasteiger partial charge is 0.353 e. The van der Waals surface area contributed by atoms with Gasteiger partial charge in [0, 0.05) is 37.5 Å². The average molecular weight is 464 g/mol. The zero-order chi connectivity index (χ0) is 24.6. The first-order chi connectivity index (χ1) is 16.3. The van der Waals surface area contributed by atoms with Gasteiger partial charge in [0.25, 0.3) is 0 Å². The Labute approximate surface area is 205 Å². The van der Waals surface area contributed by atoms with Gasteiger partial charge in [-0.15, -0.1) is 0 Å². The highest BCUT2D eigenvalue weighted by Crippen LogP contribution is 2.35. The van der Waals surface area contributed by atoms with Gasteiger partial charge in [-0.3, -0.25) is 9.59 Å². The van der Waals surface area contributed by atoms with Crippen molar-refractivity contribution in [3.8, 4) is 0 Å². The van der Waals surface area contributed by atoms with E-state index in [4.69, 9.17) is 0 Å². The standard InChI is InChI=1S/C29H41N3O2/c1-5-32(22-24-11-7-6-8-12-24)28(34)15-14-27(33)30-26-16-18-29(19-17-26,31(3)4)21-25-13-9-10-23(2)20-25/h6-13,20,26H,5,14-19,21-22H2,1-4H3,(H,30,33). The van der Waals surface area contributed by atoms with Crippen LogP contribution in [0.5, 0.6) is 0 Å². The molecule has 1 saturated carbocycles. The van der Waals surface area contributed by atoms with Crippen molar-refractivity contribution in [3.63, 3.8) is 0 Å². The van der Waals surface area contributed by atoms with E-state index in [9.17, 15) is 9.59 Å². The molecule has 0 unspecified atom stereocenters. The summed E-state index contributed by atoms with van der Waals surface area (Å²) in [5.74, 6) is 0.0278. The molecule has 0 bridgehead atoms. The van der Waals surface area contributed by atoms with Gasteiger partial charge in [0.2, 0.25) is 11.8 Å². The molecule has 1 N–H and O–H groups in total. The van der Waals surface area contributed by atoms with Crippen LogP contribution >= 0.6 is 0 Å². The topological polar surface area (TPSA) is 52.7 Å². The Kier molecular flexibility index (Phi) is 9.28. The van der Waals surface area contributed by atoms with Gasteiger partial charge in [0.05, 0.1) is 0 Å². The Morgan fingerprint density at radius 2 is 1.65 bits per heavy atom. The minimum Gasteiger partial charge on any atom is -0.353 e. The Hall–Kier alpha value is -2.66. The summed E-state index contributed by atoms with van der Waals surface area (Å²) in [6, 6.07) is 19.0. The van der Waals surface area contributed by atoms with Crippen LogP contribution in [0.1, 0.15) is 62.1 Å². The number of rotatable bonds is 10. The monoisotopic (exact) mass is 463 g/mol. The van der Waals surface area contributed by atoms with Gasteiger partial charge in [-0.05, 0) is 71.2 Å². The molecule has 5 heteroatoms. The molecule has 1 fully saturated rings. The molecule has 0 saturated heterocycles. The number of nitrogens with zero attached hydrogens (tertiary/aromatic N) is 2. The second kappa shape index (κ2) is 12.2. The normalized spacial score (nSPS) is 20.2. The van der Waals surface area contributed by atoms with Gasteiger partial charge in [-0.25, -0.2) is 0 Å². The number of hydrogen-bond donors (Lipinski definition) is 1. The van der Waals surface area contributed by atoms with Crippen molar-refractivity contribution in [2.24, 2.45) is 0 Å². The zero-order valence-corrected chi connectivity index (χ0v) is 21.3. The van der Waals surface area contributed by atoms with E-state index in [1.165, 1.54) is 11.1 Å².